The van der Waals surface area contributed by atoms with Crippen molar-refractivity contribution in [2.75, 3.05) is 33.3 Å². The number of aliphatic carboxylic acids is 1. The van der Waals surface area contributed by atoms with Crippen molar-refractivity contribution in [2.24, 2.45) is 0 Å². The van der Waals surface area contributed by atoms with E-state index in [9.17, 15) is 24.8 Å². The summed E-state index contributed by atoms with van der Waals surface area (Å²) in [6.45, 7) is 9.27. The van der Waals surface area contributed by atoms with E-state index in [1.807, 2.05) is 13.8 Å². The first-order chi connectivity index (χ1) is 18.0. The Labute approximate surface area is 221 Å². The van der Waals surface area contributed by atoms with Crippen molar-refractivity contribution < 1.29 is 34.3 Å². The number of aliphatic hydroxyl groups is 1. The number of benzene rings is 2. The number of aliphatic hydroxyl groups excluding tert-OH is 1. The van der Waals surface area contributed by atoms with Gasteiger partial charge in [-0.25, -0.2) is 0 Å². The molecule has 0 saturated carbocycles. The molecule has 2 N–H and O–H groups in total. The predicted molar refractivity (Wildman–Crippen MR) is 141 cm³/mol. The molecule has 2 aromatic rings. The Kier molecular flexibility index (Phi) is 10.5. The number of carbonyl (C=O) groups excluding carboxylic acids is 2. The molecule has 1 fully saturated rings. The van der Waals surface area contributed by atoms with Gasteiger partial charge in [-0.1, -0.05) is 13.8 Å². The van der Waals surface area contributed by atoms with Gasteiger partial charge in [-0.2, -0.15) is 0 Å². The number of nitrogens with zero attached hydrogens (tertiary/aromatic N) is 3. The average Bonchev–Trinajstić information content (AvgIpc) is 3.13. The van der Waals surface area contributed by atoms with E-state index < -0.39 is 28.6 Å². The summed E-state index contributed by atoms with van der Waals surface area (Å²) in [5.74, 6) is -2.01. The summed E-state index contributed by atoms with van der Waals surface area (Å²) in [4.78, 5) is 49.4. The van der Waals surface area contributed by atoms with E-state index >= 15 is 0 Å². The van der Waals surface area contributed by atoms with E-state index in [0.717, 1.165) is 20.0 Å². The van der Waals surface area contributed by atoms with Gasteiger partial charge in [0, 0.05) is 37.7 Å². The number of hydrogen-bond acceptors (Lipinski definition) is 8. The van der Waals surface area contributed by atoms with E-state index in [1.165, 1.54) is 36.3 Å². The van der Waals surface area contributed by atoms with Crippen LogP contribution in [0, 0.1) is 17.0 Å². The lowest BCUT2D eigenvalue weighted by molar-refractivity contribution is -0.384. The minimum Gasteiger partial charge on any atom is -0.507 e. The molecular weight excluding hydrogens is 494 g/mol. The standard InChI is InChI=1S/C25H29N3O6.C2H4O2/c1-5-26(6-2)13-14-27-22(17-7-9-18(10-8-17)28(32)33)21(24(30)25(27)31)23(29)20-12-11-19(34-4)15-16(20)3;1-2(3)4/h7-12,15,22,29H,5-6,13-14H2,1-4H3;1H3,(H,3,4)/b23-21+;. The van der Waals surface area contributed by atoms with Gasteiger partial charge in [0.05, 0.1) is 23.6 Å². The summed E-state index contributed by atoms with van der Waals surface area (Å²) < 4.78 is 5.22. The van der Waals surface area contributed by atoms with Crippen LogP contribution < -0.4 is 4.74 Å². The van der Waals surface area contributed by atoms with Crippen LogP contribution in [0.3, 0.4) is 0 Å². The Morgan fingerprint density at radius 3 is 2.16 bits per heavy atom. The summed E-state index contributed by atoms with van der Waals surface area (Å²) in [7, 11) is 1.53. The number of likely N-dealkylation sites (N-methyl/N-ethyl adjacent to an activating group) is 1. The number of hydrogen-bond donors (Lipinski definition) is 2. The minimum absolute atomic E-state index is 0.0355. The van der Waals surface area contributed by atoms with Crippen molar-refractivity contribution >= 4 is 29.1 Å². The number of likely N-dealkylation sites (tertiary alicyclic amines) is 1. The third-order valence-electron chi connectivity index (χ3n) is 6.20. The van der Waals surface area contributed by atoms with Gasteiger partial charge in [0.25, 0.3) is 23.3 Å². The van der Waals surface area contributed by atoms with Gasteiger partial charge < -0.3 is 24.7 Å². The first kappa shape index (κ1) is 30.0. The molecule has 11 heteroatoms. The Hall–Kier alpha value is -4.25. The minimum atomic E-state index is -0.863. The molecule has 1 unspecified atom stereocenters. The molecule has 1 aliphatic heterocycles. The van der Waals surface area contributed by atoms with Crippen LogP contribution in [-0.2, 0) is 14.4 Å². The Bertz CT molecular complexity index is 1220. The Balaban J connectivity index is 0.00000118. The number of ether oxygens (including phenoxy) is 1. The summed E-state index contributed by atoms with van der Waals surface area (Å²) in [5.41, 5.74) is 1.46. The number of amides is 1. The molecule has 1 saturated heterocycles. The molecule has 38 heavy (non-hydrogen) atoms. The van der Waals surface area contributed by atoms with Crippen molar-refractivity contribution in [3.8, 4) is 5.75 Å². The van der Waals surface area contributed by atoms with Crippen LogP contribution in [0.15, 0.2) is 48.0 Å². The highest BCUT2D eigenvalue weighted by atomic mass is 16.6. The molecule has 1 atom stereocenters. The highest BCUT2D eigenvalue weighted by molar-refractivity contribution is 6.46. The van der Waals surface area contributed by atoms with Crippen molar-refractivity contribution in [1.82, 2.24) is 9.80 Å². The molecule has 0 aliphatic carbocycles. The van der Waals surface area contributed by atoms with Gasteiger partial charge in [-0.3, -0.25) is 24.5 Å². The largest absolute Gasteiger partial charge is 0.507 e. The molecule has 204 valence electrons. The summed E-state index contributed by atoms with van der Waals surface area (Å²) in [6, 6.07) is 9.88. The fourth-order valence-electron chi connectivity index (χ4n) is 4.20. The Morgan fingerprint density at radius 1 is 1.11 bits per heavy atom. The van der Waals surface area contributed by atoms with Crippen LogP contribution in [-0.4, -0.2) is 75.9 Å². The fraction of sp³-hybridized carbons (Fsp3) is 0.370. The van der Waals surface area contributed by atoms with Gasteiger partial charge in [-0.05, 0) is 61.5 Å². The topological polar surface area (TPSA) is 151 Å². The number of aryl methyl sites for hydroxylation is 1. The zero-order valence-corrected chi connectivity index (χ0v) is 22.1. The first-order valence-electron chi connectivity index (χ1n) is 12.1. The van der Waals surface area contributed by atoms with Gasteiger partial charge >= 0.3 is 0 Å². The normalized spacial score (nSPS) is 16.3. The number of rotatable bonds is 9. The molecule has 0 bridgehead atoms. The number of carboxylic acids is 1. The van der Waals surface area contributed by atoms with Crippen LogP contribution in [0.2, 0.25) is 0 Å². The summed E-state index contributed by atoms with van der Waals surface area (Å²) in [6.07, 6.45) is 0. The van der Waals surface area contributed by atoms with Crippen LogP contribution in [0.5, 0.6) is 5.75 Å². The maximum absolute atomic E-state index is 13.2. The molecule has 1 amide bonds. The maximum atomic E-state index is 13.2. The van der Waals surface area contributed by atoms with Crippen molar-refractivity contribution in [3.63, 3.8) is 0 Å². The molecular formula is C27H33N3O8. The summed E-state index contributed by atoms with van der Waals surface area (Å²) in [5, 5.41) is 29.8. The van der Waals surface area contributed by atoms with Crippen LogP contribution in [0.1, 0.15) is 43.5 Å². The highest BCUT2D eigenvalue weighted by Gasteiger charge is 2.46. The van der Waals surface area contributed by atoms with E-state index in [-0.39, 0.29) is 23.6 Å². The number of nitro benzene ring substituents is 1. The van der Waals surface area contributed by atoms with Gasteiger partial charge in [0.15, 0.2) is 0 Å². The smallest absolute Gasteiger partial charge is 0.300 e. The van der Waals surface area contributed by atoms with E-state index in [0.29, 0.717) is 29.0 Å². The molecule has 0 spiro atoms. The van der Waals surface area contributed by atoms with Crippen LogP contribution in [0.4, 0.5) is 5.69 Å². The lowest BCUT2D eigenvalue weighted by Gasteiger charge is -2.28. The van der Waals surface area contributed by atoms with Crippen molar-refractivity contribution in [2.45, 2.75) is 33.7 Å². The predicted octanol–water partition coefficient (Wildman–Crippen LogP) is 3.77. The van der Waals surface area contributed by atoms with Gasteiger partial charge in [0.2, 0.25) is 0 Å². The zero-order chi connectivity index (χ0) is 28.6. The van der Waals surface area contributed by atoms with Crippen LogP contribution >= 0.6 is 0 Å². The molecule has 3 rings (SSSR count). The van der Waals surface area contributed by atoms with E-state index in [4.69, 9.17) is 14.6 Å². The average molecular weight is 528 g/mol. The lowest BCUT2D eigenvalue weighted by Crippen LogP contribution is -2.38. The van der Waals surface area contributed by atoms with Crippen molar-refractivity contribution in [1.29, 1.82) is 0 Å². The van der Waals surface area contributed by atoms with E-state index in [2.05, 4.69) is 4.90 Å². The molecule has 1 heterocycles. The van der Waals surface area contributed by atoms with E-state index in [1.54, 1.807) is 25.1 Å². The fourth-order valence-corrected chi connectivity index (χ4v) is 4.20. The van der Waals surface area contributed by atoms with Crippen LogP contribution in [0.25, 0.3) is 5.76 Å². The second-order valence-electron chi connectivity index (χ2n) is 8.57. The van der Waals surface area contributed by atoms with Crippen molar-refractivity contribution in [3.05, 3.63) is 74.8 Å². The quantitative estimate of drug-likeness (QED) is 0.163. The number of carbonyl (C=O) groups is 3. The molecule has 1 aliphatic rings. The number of methoxy groups -OCH3 is 1. The third-order valence-corrected chi connectivity index (χ3v) is 6.20. The highest BCUT2D eigenvalue weighted by Crippen LogP contribution is 2.40. The number of ketones is 1. The maximum Gasteiger partial charge on any atom is 0.300 e. The number of carboxylic acid groups (broad SMARTS) is 1. The SMILES string of the molecule is CC(=O)O.CCN(CC)CCN1C(=O)C(=O)/C(=C(/O)c2ccc(OC)cc2C)C1c1ccc([N+](=O)[O-])cc1. The second kappa shape index (κ2) is 13.3. The number of non-ortho nitro benzene ring substituents is 1. The Morgan fingerprint density at radius 2 is 1.68 bits per heavy atom. The monoisotopic (exact) mass is 527 g/mol. The lowest BCUT2D eigenvalue weighted by atomic mass is 9.93. The molecule has 2 aromatic carbocycles. The molecule has 0 radical (unpaired) electrons. The van der Waals surface area contributed by atoms with Gasteiger partial charge in [0.1, 0.15) is 11.5 Å². The first-order valence-corrected chi connectivity index (χ1v) is 12.1. The summed E-state index contributed by atoms with van der Waals surface area (Å²) >= 11 is 0. The second-order valence-corrected chi connectivity index (χ2v) is 8.57. The zero-order valence-electron chi connectivity index (χ0n) is 22.1. The number of nitro groups is 1. The van der Waals surface area contributed by atoms with Gasteiger partial charge in [-0.15, -0.1) is 0 Å². The molecule has 11 nitrogen and oxygen atoms in total. The molecule has 0 aromatic heterocycles. The third kappa shape index (κ3) is 6.94. The number of Topliss-reactive ketones (excluding diaryl/α,β-unsaturated/α-hetero) is 1.